The van der Waals surface area contributed by atoms with Gasteiger partial charge in [0.05, 0.1) is 5.75 Å². The third-order valence-electron chi connectivity index (χ3n) is 5.13. The molecule has 0 aliphatic heterocycles. The molecule has 28 heavy (non-hydrogen) atoms. The summed E-state index contributed by atoms with van der Waals surface area (Å²) in [6, 6.07) is 0. The first-order valence-corrected chi connectivity index (χ1v) is 12.8. The van der Waals surface area contributed by atoms with Crippen molar-refractivity contribution in [1.29, 1.82) is 0 Å². The number of hydrogen-bond donors (Lipinski definition) is 1. The minimum atomic E-state index is -0.712. The number of terminal acetylenes is 1. The Kier molecular flexibility index (Phi) is 30.2. The first-order valence-electron chi connectivity index (χ1n) is 11.6. The zero-order valence-corrected chi connectivity index (χ0v) is 20.7. The molecule has 0 saturated heterocycles. The van der Waals surface area contributed by atoms with Crippen molar-refractivity contribution < 1.29 is 9.90 Å². The van der Waals surface area contributed by atoms with E-state index in [-0.39, 0.29) is 5.75 Å². The number of hydrogen-bond acceptors (Lipinski definition) is 2. The van der Waals surface area contributed by atoms with Crippen LogP contribution in [0, 0.1) is 30.6 Å². The Labute approximate surface area is 182 Å². The van der Waals surface area contributed by atoms with Crippen molar-refractivity contribution >= 4 is 17.7 Å². The third-order valence-corrected chi connectivity index (χ3v) is 6.16. The van der Waals surface area contributed by atoms with Gasteiger partial charge in [-0.1, -0.05) is 99.3 Å². The fourth-order valence-corrected chi connectivity index (χ4v) is 4.30. The molecule has 0 aromatic carbocycles. The van der Waals surface area contributed by atoms with Crippen LogP contribution >= 0.6 is 11.8 Å². The number of thioether (sulfide) groups is 1. The highest BCUT2D eigenvalue weighted by Crippen LogP contribution is 2.29. The smallest absolute Gasteiger partial charge is 0.313 e. The van der Waals surface area contributed by atoms with Gasteiger partial charge in [-0.05, 0) is 36.3 Å². The molecule has 2 atom stereocenters. The molecule has 2 nitrogen and oxygen atoms in total. The van der Waals surface area contributed by atoms with Crippen LogP contribution in [0.25, 0.3) is 0 Å². The van der Waals surface area contributed by atoms with Crippen LogP contribution in [0.4, 0.5) is 0 Å². The summed E-state index contributed by atoms with van der Waals surface area (Å²) in [5.74, 6) is 3.65. The number of carbonyl (C=O) groups is 1. The molecule has 3 heteroatoms. The molecule has 0 aromatic rings. The number of rotatable bonds is 6. The standard InChI is InChI=1S/C8H16.C7H14.C6H12O2S.C2H6.C2H2/c1-2-8-6-4-3-5-7-8;1-6-3-4-7(2)5-6;1-2-3-4-9-5-6(7)8;2*1-2/h8H,2-7H2,1H3;6-7H,3-5H2,1-2H3;2-5H2,1H3,(H,7,8);1-2H3;1-2H/t;6-,7?;;;/m.1.../s1. The second-order valence-corrected chi connectivity index (χ2v) is 8.84. The van der Waals surface area contributed by atoms with Gasteiger partial charge in [0, 0.05) is 0 Å². The quantitative estimate of drug-likeness (QED) is 0.351. The molecule has 1 unspecified atom stereocenters. The summed E-state index contributed by atoms with van der Waals surface area (Å²) in [6.07, 6.45) is 23.6. The lowest BCUT2D eigenvalue weighted by molar-refractivity contribution is -0.133. The maximum Gasteiger partial charge on any atom is 0.313 e. The van der Waals surface area contributed by atoms with Crippen LogP contribution in [-0.2, 0) is 4.79 Å². The maximum atomic E-state index is 9.94. The summed E-state index contributed by atoms with van der Waals surface area (Å²) >= 11 is 1.49. The molecule has 0 amide bonds. The average Bonchev–Trinajstić information content (AvgIpc) is 3.12. The van der Waals surface area contributed by atoms with E-state index >= 15 is 0 Å². The molecule has 0 spiro atoms. The van der Waals surface area contributed by atoms with Crippen LogP contribution in [0.5, 0.6) is 0 Å². The molecule has 168 valence electrons. The lowest BCUT2D eigenvalue weighted by Crippen LogP contribution is -2.03. The van der Waals surface area contributed by atoms with Crippen LogP contribution < -0.4 is 0 Å². The normalized spacial score (nSPS) is 20.6. The van der Waals surface area contributed by atoms with Crippen LogP contribution in [0.1, 0.15) is 112 Å². The fourth-order valence-electron chi connectivity index (χ4n) is 3.49. The highest BCUT2D eigenvalue weighted by molar-refractivity contribution is 7.99. The lowest BCUT2D eigenvalue weighted by Gasteiger charge is -2.18. The Hall–Kier alpha value is -0.620. The summed E-state index contributed by atoms with van der Waals surface area (Å²) in [7, 11) is 0. The van der Waals surface area contributed by atoms with Crippen molar-refractivity contribution in [3.05, 3.63) is 0 Å². The van der Waals surface area contributed by atoms with E-state index in [1.807, 2.05) is 13.8 Å². The number of carboxylic acid groups (broad SMARTS) is 1. The topological polar surface area (TPSA) is 37.3 Å². The minimum absolute atomic E-state index is 0.250. The van der Waals surface area contributed by atoms with Gasteiger partial charge in [-0.25, -0.2) is 0 Å². The van der Waals surface area contributed by atoms with E-state index in [0.29, 0.717) is 0 Å². The van der Waals surface area contributed by atoms with E-state index in [1.165, 1.54) is 69.5 Å². The molecule has 0 radical (unpaired) electrons. The fraction of sp³-hybridized carbons (Fsp3) is 0.880. The average molecular weight is 415 g/mol. The van der Waals surface area contributed by atoms with Gasteiger partial charge in [0.1, 0.15) is 0 Å². The molecule has 2 saturated carbocycles. The molecule has 1 N–H and O–H groups in total. The van der Waals surface area contributed by atoms with Crippen molar-refractivity contribution in [3.8, 4) is 12.8 Å². The first-order chi connectivity index (χ1) is 13.5. The SMILES string of the molecule is C#C.CC.CC1CC[C@@H](C)C1.CCC1CCCCC1.CCCCSCC(=O)O. The molecule has 0 aromatic heterocycles. The van der Waals surface area contributed by atoms with Crippen molar-refractivity contribution in [3.63, 3.8) is 0 Å². The maximum absolute atomic E-state index is 9.94. The van der Waals surface area contributed by atoms with Crippen LogP contribution in [0.3, 0.4) is 0 Å². The number of aliphatic carboxylic acids is 1. The highest BCUT2D eigenvalue weighted by Gasteiger charge is 2.15. The molecular weight excluding hydrogens is 364 g/mol. The predicted molar refractivity (Wildman–Crippen MR) is 130 cm³/mol. The van der Waals surface area contributed by atoms with Crippen molar-refractivity contribution in [2.75, 3.05) is 11.5 Å². The second-order valence-electron chi connectivity index (χ2n) is 7.74. The monoisotopic (exact) mass is 414 g/mol. The minimum Gasteiger partial charge on any atom is -0.481 e. The molecule has 0 bridgehead atoms. The van der Waals surface area contributed by atoms with Gasteiger partial charge in [-0.2, -0.15) is 11.8 Å². The van der Waals surface area contributed by atoms with Crippen molar-refractivity contribution in [2.24, 2.45) is 17.8 Å². The van der Waals surface area contributed by atoms with Gasteiger partial charge in [0.15, 0.2) is 0 Å². The summed E-state index contributed by atoms with van der Waals surface area (Å²) < 4.78 is 0. The van der Waals surface area contributed by atoms with Gasteiger partial charge in [0.2, 0.25) is 0 Å². The molecule has 2 aliphatic rings. The summed E-state index contributed by atoms with van der Waals surface area (Å²) in [5.41, 5.74) is 0. The number of unbranched alkanes of at least 4 members (excludes halogenated alkanes) is 1. The Morgan fingerprint density at radius 3 is 1.75 bits per heavy atom. The third kappa shape index (κ3) is 25.4. The lowest BCUT2D eigenvalue weighted by atomic mass is 9.88. The van der Waals surface area contributed by atoms with Gasteiger partial charge >= 0.3 is 5.97 Å². The predicted octanol–water partition coefficient (Wildman–Crippen LogP) is 8.30. The molecular formula is C25H50O2S. The van der Waals surface area contributed by atoms with Gasteiger partial charge < -0.3 is 5.11 Å². The van der Waals surface area contributed by atoms with E-state index in [0.717, 1.165) is 36.3 Å². The summed E-state index contributed by atoms with van der Waals surface area (Å²) in [5, 5.41) is 8.19. The van der Waals surface area contributed by atoms with Gasteiger partial charge in [0.25, 0.3) is 0 Å². The Morgan fingerprint density at radius 2 is 1.46 bits per heavy atom. The van der Waals surface area contributed by atoms with Gasteiger partial charge in [-0.3, -0.25) is 4.79 Å². The van der Waals surface area contributed by atoms with Gasteiger partial charge in [-0.15, -0.1) is 12.8 Å². The zero-order chi connectivity index (χ0) is 22.2. The van der Waals surface area contributed by atoms with Crippen LogP contribution in [0.2, 0.25) is 0 Å². The highest BCUT2D eigenvalue weighted by atomic mass is 32.2. The molecule has 2 aliphatic carbocycles. The first kappa shape index (κ1) is 32.1. The van der Waals surface area contributed by atoms with Crippen LogP contribution in [0.15, 0.2) is 0 Å². The summed E-state index contributed by atoms with van der Waals surface area (Å²) in [6.45, 7) is 13.1. The van der Waals surface area contributed by atoms with Crippen LogP contribution in [-0.4, -0.2) is 22.6 Å². The molecule has 0 heterocycles. The Balaban J connectivity index is -0.000000308. The Bertz CT molecular complexity index is 314. The van der Waals surface area contributed by atoms with E-state index < -0.39 is 5.97 Å². The summed E-state index contributed by atoms with van der Waals surface area (Å²) in [4.78, 5) is 9.94. The number of carboxylic acids is 1. The second kappa shape index (κ2) is 26.4. The van der Waals surface area contributed by atoms with Crippen molar-refractivity contribution in [2.45, 2.75) is 112 Å². The molecule has 2 fully saturated rings. The Morgan fingerprint density at radius 1 is 0.964 bits per heavy atom. The largest absolute Gasteiger partial charge is 0.481 e. The zero-order valence-electron chi connectivity index (χ0n) is 19.8. The van der Waals surface area contributed by atoms with E-state index in [9.17, 15) is 4.79 Å². The van der Waals surface area contributed by atoms with E-state index in [4.69, 9.17) is 5.11 Å². The van der Waals surface area contributed by atoms with E-state index in [1.54, 1.807) is 0 Å². The van der Waals surface area contributed by atoms with E-state index in [2.05, 4.69) is 40.5 Å². The van der Waals surface area contributed by atoms with Crippen molar-refractivity contribution in [1.82, 2.24) is 0 Å². The molecule has 2 rings (SSSR count).